The number of hydrogen-bond acceptors (Lipinski definition) is 8. The van der Waals surface area contributed by atoms with E-state index in [0.717, 1.165) is 19.3 Å². The molecule has 0 aliphatic heterocycles. The van der Waals surface area contributed by atoms with Crippen LogP contribution in [0.2, 0.25) is 0 Å². The number of fused-ring (bicyclic) bond motifs is 5. The van der Waals surface area contributed by atoms with Crippen LogP contribution in [-0.2, 0) is 0 Å². The summed E-state index contributed by atoms with van der Waals surface area (Å²) >= 11 is 0. The Kier molecular flexibility index (Phi) is 7.48. The molecule has 4 rings (SSSR count). The van der Waals surface area contributed by atoms with Gasteiger partial charge in [0.15, 0.2) is 0 Å². The maximum absolute atomic E-state index is 12.3. The minimum atomic E-state index is -1.83. The first-order valence-corrected chi connectivity index (χ1v) is 13.7. The molecule has 15 atom stereocenters. The summed E-state index contributed by atoms with van der Waals surface area (Å²) in [6.45, 7) is 8.11. The second kappa shape index (κ2) is 9.45. The number of aliphatic hydroxyl groups excluding tert-OH is 7. The third-order valence-electron chi connectivity index (χ3n) is 11.3. The number of hydrogen-bond donors (Lipinski definition) is 8. The largest absolute Gasteiger partial charge is 0.396 e. The summed E-state index contributed by atoms with van der Waals surface area (Å²) < 4.78 is 0. The van der Waals surface area contributed by atoms with Gasteiger partial charge in [0.25, 0.3) is 0 Å². The van der Waals surface area contributed by atoms with E-state index in [9.17, 15) is 40.9 Å². The summed E-state index contributed by atoms with van der Waals surface area (Å²) in [6, 6.07) is 0. The highest BCUT2D eigenvalue weighted by Crippen LogP contribution is 2.69. The molecule has 1 unspecified atom stereocenters. The van der Waals surface area contributed by atoms with Crippen LogP contribution in [0.15, 0.2) is 0 Å². The van der Waals surface area contributed by atoms with Crippen LogP contribution >= 0.6 is 0 Å². The highest BCUT2D eigenvalue weighted by Gasteiger charge is 2.76. The van der Waals surface area contributed by atoms with Gasteiger partial charge in [0.2, 0.25) is 0 Å². The van der Waals surface area contributed by atoms with Crippen molar-refractivity contribution < 1.29 is 40.9 Å². The lowest BCUT2D eigenvalue weighted by atomic mass is 9.40. The Morgan fingerprint density at radius 3 is 2.06 bits per heavy atom. The van der Waals surface area contributed by atoms with E-state index < -0.39 is 70.8 Å². The maximum Gasteiger partial charge on any atom is 0.110 e. The average molecular weight is 501 g/mol. The molecule has 8 heteroatoms. The fourth-order valence-corrected chi connectivity index (χ4v) is 9.61. The summed E-state index contributed by atoms with van der Waals surface area (Å²) in [4.78, 5) is 0. The fourth-order valence-electron chi connectivity index (χ4n) is 9.61. The average Bonchev–Trinajstić information content (AvgIpc) is 3.00. The van der Waals surface area contributed by atoms with E-state index in [1.54, 1.807) is 0 Å². The van der Waals surface area contributed by atoms with Crippen LogP contribution in [0.5, 0.6) is 0 Å². The molecule has 0 radical (unpaired) electrons. The molecule has 4 aliphatic carbocycles. The van der Waals surface area contributed by atoms with Crippen LogP contribution in [0.3, 0.4) is 0 Å². The molecular formula is C27H48O8. The van der Waals surface area contributed by atoms with Crippen LogP contribution in [0, 0.1) is 46.3 Å². The Morgan fingerprint density at radius 2 is 1.43 bits per heavy atom. The van der Waals surface area contributed by atoms with Gasteiger partial charge in [-0.2, -0.15) is 0 Å². The van der Waals surface area contributed by atoms with Gasteiger partial charge in [-0.15, -0.1) is 0 Å². The van der Waals surface area contributed by atoms with Gasteiger partial charge in [-0.1, -0.05) is 40.5 Å². The van der Waals surface area contributed by atoms with Crippen LogP contribution in [0.1, 0.15) is 72.6 Å². The lowest BCUT2D eigenvalue weighted by Crippen LogP contribution is -2.76. The first-order chi connectivity index (χ1) is 16.3. The maximum atomic E-state index is 12.3. The normalized spacial score (nSPS) is 55.5. The minimum Gasteiger partial charge on any atom is -0.396 e. The summed E-state index contributed by atoms with van der Waals surface area (Å²) in [5.41, 5.74) is -3.22. The van der Waals surface area contributed by atoms with E-state index in [4.69, 9.17) is 0 Å². The van der Waals surface area contributed by atoms with Gasteiger partial charge < -0.3 is 40.9 Å². The molecular weight excluding hydrogens is 452 g/mol. The van der Waals surface area contributed by atoms with Gasteiger partial charge in [0.1, 0.15) is 11.7 Å². The van der Waals surface area contributed by atoms with Crippen molar-refractivity contribution in [2.45, 2.75) is 115 Å². The SMILES string of the molecule is CC(CO)CCC[C@@H](C)[C@H]1[C@@H](O)[C@@H](O)[C@@H]2[C@]1(C)CC[C@@H]1[C@@]3(C)CC[C@H](O)[C@H](O)[C@@H]3[C@@H](O)[C@H](O)[C@]12O. The molecule has 4 aliphatic rings. The molecule has 4 fully saturated rings. The predicted octanol–water partition coefficient (Wildman–Crippen LogP) is 0.410. The molecule has 0 aromatic heterocycles. The second-order valence-electron chi connectivity index (χ2n) is 13.2. The van der Waals surface area contributed by atoms with Crippen LogP contribution in [-0.4, -0.2) is 89.7 Å². The molecule has 0 saturated heterocycles. The van der Waals surface area contributed by atoms with E-state index >= 15 is 0 Å². The Labute approximate surface area is 209 Å². The molecule has 0 aromatic carbocycles. The lowest BCUT2D eigenvalue weighted by molar-refractivity contribution is -0.322. The van der Waals surface area contributed by atoms with Crippen molar-refractivity contribution in [2.24, 2.45) is 46.3 Å². The summed E-state index contributed by atoms with van der Waals surface area (Å²) in [5.74, 6) is -2.15. The van der Waals surface area contributed by atoms with Crippen molar-refractivity contribution >= 4 is 0 Å². The van der Waals surface area contributed by atoms with E-state index in [0.29, 0.717) is 25.7 Å². The van der Waals surface area contributed by atoms with E-state index in [-0.39, 0.29) is 24.4 Å². The second-order valence-corrected chi connectivity index (χ2v) is 13.2. The van der Waals surface area contributed by atoms with Crippen molar-refractivity contribution in [2.75, 3.05) is 6.61 Å². The smallest absolute Gasteiger partial charge is 0.110 e. The third-order valence-corrected chi connectivity index (χ3v) is 11.3. The molecule has 0 heterocycles. The monoisotopic (exact) mass is 500 g/mol. The van der Waals surface area contributed by atoms with E-state index in [1.165, 1.54) is 0 Å². The zero-order valence-electron chi connectivity index (χ0n) is 21.7. The molecule has 4 saturated carbocycles. The van der Waals surface area contributed by atoms with Crippen LogP contribution < -0.4 is 0 Å². The lowest BCUT2D eigenvalue weighted by Gasteiger charge is -2.67. The number of rotatable bonds is 6. The van der Waals surface area contributed by atoms with E-state index in [2.05, 4.69) is 6.92 Å². The van der Waals surface area contributed by atoms with Crippen molar-refractivity contribution in [3.63, 3.8) is 0 Å². The molecule has 0 spiro atoms. The third kappa shape index (κ3) is 3.85. The molecule has 0 bridgehead atoms. The van der Waals surface area contributed by atoms with Crippen molar-refractivity contribution in [1.82, 2.24) is 0 Å². The molecule has 8 N–H and O–H groups in total. The van der Waals surface area contributed by atoms with Crippen molar-refractivity contribution in [3.05, 3.63) is 0 Å². The van der Waals surface area contributed by atoms with Gasteiger partial charge in [-0.05, 0) is 66.6 Å². The molecule has 0 amide bonds. The summed E-state index contributed by atoms with van der Waals surface area (Å²) in [6.07, 6.45) is -3.02. The molecule has 8 nitrogen and oxygen atoms in total. The first kappa shape index (κ1) is 27.7. The minimum absolute atomic E-state index is 0.0568. The van der Waals surface area contributed by atoms with Gasteiger partial charge in [-0.3, -0.25) is 0 Å². The van der Waals surface area contributed by atoms with Gasteiger partial charge >= 0.3 is 0 Å². The van der Waals surface area contributed by atoms with E-state index in [1.807, 2.05) is 20.8 Å². The Morgan fingerprint density at radius 1 is 0.800 bits per heavy atom. The molecule has 0 aromatic rings. The van der Waals surface area contributed by atoms with Gasteiger partial charge in [0.05, 0.1) is 30.5 Å². The number of aliphatic hydroxyl groups is 8. The Hall–Kier alpha value is -0.320. The predicted molar refractivity (Wildman–Crippen MR) is 129 cm³/mol. The zero-order valence-corrected chi connectivity index (χ0v) is 21.7. The highest BCUT2D eigenvalue weighted by atomic mass is 16.4. The Balaban J connectivity index is 1.67. The van der Waals surface area contributed by atoms with Gasteiger partial charge in [-0.25, -0.2) is 0 Å². The van der Waals surface area contributed by atoms with Gasteiger partial charge in [0, 0.05) is 18.4 Å². The molecule has 35 heavy (non-hydrogen) atoms. The topological polar surface area (TPSA) is 162 Å². The Bertz CT molecular complexity index is 765. The van der Waals surface area contributed by atoms with Crippen LogP contribution in [0.4, 0.5) is 0 Å². The first-order valence-electron chi connectivity index (χ1n) is 13.7. The summed E-state index contributed by atoms with van der Waals surface area (Å²) in [5, 5.41) is 88.0. The van der Waals surface area contributed by atoms with Crippen molar-refractivity contribution in [3.8, 4) is 0 Å². The summed E-state index contributed by atoms with van der Waals surface area (Å²) in [7, 11) is 0. The zero-order chi connectivity index (χ0) is 26.1. The van der Waals surface area contributed by atoms with Crippen LogP contribution in [0.25, 0.3) is 0 Å². The van der Waals surface area contributed by atoms with Crippen molar-refractivity contribution in [1.29, 1.82) is 0 Å². The quantitative estimate of drug-likeness (QED) is 0.260. The standard InChI is InChI=1S/C27H48O8/c1-13(12-28)6-5-7-14(2)17-20(31)22(33)23-26(17,4)11-9-16-25(3)10-8-15(29)19(30)18(25)21(32)24(34)27(16,23)35/h13-24,28-35H,5-12H2,1-4H3/t13?,14-,15+,16-,17+,18-,19+,20-,21-,22-,23-,24+,25-,26-,27+/m1/s1. The highest BCUT2D eigenvalue weighted by molar-refractivity contribution is 5.25. The fraction of sp³-hybridized carbons (Fsp3) is 1.00. The molecule has 204 valence electrons.